The fourth-order valence-corrected chi connectivity index (χ4v) is 0.721. The summed E-state index contributed by atoms with van der Waals surface area (Å²) in [5.41, 5.74) is 0. The molecule has 1 unspecified atom stereocenters. The number of methoxy groups -OCH3 is 1. The standard InChI is InChI=1S/C7H11ClO4/c1-4(2)12-5(6(8)9)7(10)11-3/h4-5H,1-3H3. The molecule has 0 N–H and O–H groups in total. The van der Waals surface area contributed by atoms with Crippen LogP contribution >= 0.6 is 11.6 Å². The third kappa shape index (κ3) is 3.69. The third-order valence-corrected chi connectivity index (χ3v) is 1.23. The van der Waals surface area contributed by atoms with Crippen molar-refractivity contribution < 1.29 is 19.1 Å². The van der Waals surface area contributed by atoms with Gasteiger partial charge in [-0.1, -0.05) is 0 Å². The van der Waals surface area contributed by atoms with E-state index < -0.39 is 17.3 Å². The summed E-state index contributed by atoms with van der Waals surface area (Å²) in [7, 11) is 1.17. The van der Waals surface area contributed by atoms with Crippen LogP contribution in [0, 0.1) is 0 Å². The average Bonchev–Trinajstić information content (AvgIpc) is 1.98. The lowest BCUT2D eigenvalue weighted by Gasteiger charge is -2.13. The number of hydrogen-bond donors (Lipinski definition) is 0. The molecule has 0 bridgehead atoms. The molecule has 70 valence electrons. The molecule has 0 aromatic heterocycles. The molecule has 1 atom stereocenters. The molecule has 0 aliphatic heterocycles. The fraction of sp³-hybridized carbons (Fsp3) is 0.714. The maximum absolute atomic E-state index is 10.8. The van der Waals surface area contributed by atoms with Gasteiger partial charge in [-0.2, -0.15) is 0 Å². The zero-order chi connectivity index (χ0) is 9.72. The molecule has 0 aromatic carbocycles. The molecular weight excluding hydrogens is 184 g/mol. The van der Waals surface area contributed by atoms with Crippen molar-refractivity contribution in [1.82, 2.24) is 0 Å². The van der Waals surface area contributed by atoms with Crippen LogP contribution in [-0.2, 0) is 19.1 Å². The van der Waals surface area contributed by atoms with E-state index in [0.29, 0.717) is 0 Å². The largest absolute Gasteiger partial charge is 0.467 e. The van der Waals surface area contributed by atoms with Crippen molar-refractivity contribution in [3.05, 3.63) is 0 Å². The molecule has 0 radical (unpaired) electrons. The van der Waals surface area contributed by atoms with E-state index in [-0.39, 0.29) is 6.10 Å². The van der Waals surface area contributed by atoms with Crippen LogP contribution in [0.25, 0.3) is 0 Å². The lowest BCUT2D eigenvalue weighted by atomic mass is 10.3. The summed E-state index contributed by atoms with van der Waals surface area (Å²) in [6, 6.07) is 0. The Hall–Kier alpha value is -0.610. The van der Waals surface area contributed by atoms with Crippen LogP contribution in [0.3, 0.4) is 0 Å². The first-order valence-electron chi connectivity index (χ1n) is 3.41. The highest BCUT2D eigenvalue weighted by molar-refractivity contribution is 6.66. The van der Waals surface area contributed by atoms with E-state index in [2.05, 4.69) is 4.74 Å². The van der Waals surface area contributed by atoms with Gasteiger partial charge in [0.2, 0.25) is 6.10 Å². The molecule has 12 heavy (non-hydrogen) atoms. The number of rotatable bonds is 4. The van der Waals surface area contributed by atoms with Crippen molar-refractivity contribution >= 4 is 22.8 Å². The van der Waals surface area contributed by atoms with Gasteiger partial charge < -0.3 is 9.47 Å². The third-order valence-electron chi connectivity index (χ3n) is 1.03. The summed E-state index contributed by atoms with van der Waals surface area (Å²) in [4.78, 5) is 21.5. The van der Waals surface area contributed by atoms with Crippen molar-refractivity contribution in [2.75, 3.05) is 7.11 Å². The highest BCUT2D eigenvalue weighted by atomic mass is 35.5. The van der Waals surface area contributed by atoms with Gasteiger partial charge in [-0.05, 0) is 25.4 Å². The Morgan fingerprint density at radius 3 is 2.08 bits per heavy atom. The van der Waals surface area contributed by atoms with Crippen LogP contribution in [0.4, 0.5) is 0 Å². The summed E-state index contributed by atoms with van der Waals surface area (Å²) < 4.78 is 9.21. The summed E-state index contributed by atoms with van der Waals surface area (Å²) in [5.74, 6) is -0.774. The molecule has 0 saturated heterocycles. The Morgan fingerprint density at radius 2 is 1.83 bits per heavy atom. The maximum Gasteiger partial charge on any atom is 0.344 e. The molecular formula is C7H11ClO4. The molecule has 0 aliphatic rings. The molecule has 0 spiro atoms. The fourth-order valence-electron chi connectivity index (χ4n) is 0.581. The van der Waals surface area contributed by atoms with Gasteiger partial charge in [0, 0.05) is 0 Å². The van der Waals surface area contributed by atoms with Crippen LogP contribution < -0.4 is 0 Å². The molecule has 0 amide bonds. The van der Waals surface area contributed by atoms with Crippen LogP contribution in [0.15, 0.2) is 0 Å². The SMILES string of the molecule is COC(=O)C(OC(C)C)C(=O)Cl. The number of hydrogen-bond acceptors (Lipinski definition) is 4. The molecule has 0 rings (SSSR count). The minimum atomic E-state index is -1.31. The Balaban J connectivity index is 4.23. The quantitative estimate of drug-likeness (QED) is 0.376. The number of esters is 1. The van der Waals surface area contributed by atoms with Crippen LogP contribution in [0.2, 0.25) is 0 Å². The lowest BCUT2D eigenvalue weighted by molar-refractivity contribution is -0.159. The van der Waals surface area contributed by atoms with Gasteiger partial charge in [-0.25, -0.2) is 4.79 Å². The van der Waals surface area contributed by atoms with Crippen molar-refractivity contribution in [3.63, 3.8) is 0 Å². The maximum atomic E-state index is 10.8. The Bertz CT molecular complexity index is 178. The van der Waals surface area contributed by atoms with Crippen LogP contribution in [0.5, 0.6) is 0 Å². The van der Waals surface area contributed by atoms with Gasteiger partial charge in [0.05, 0.1) is 13.2 Å². The second-order valence-corrected chi connectivity index (χ2v) is 2.76. The molecule has 0 aromatic rings. The second kappa shape index (κ2) is 5.11. The van der Waals surface area contributed by atoms with E-state index in [1.807, 2.05) is 0 Å². The van der Waals surface area contributed by atoms with Gasteiger partial charge >= 0.3 is 5.97 Å². The van der Waals surface area contributed by atoms with Gasteiger partial charge in [-0.15, -0.1) is 0 Å². The zero-order valence-corrected chi connectivity index (χ0v) is 7.92. The Labute approximate surface area is 75.8 Å². The number of ether oxygens (including phenoxy) is 2. The van der Waals surface area contributed by atoms with Crippen molar-refractivity contribution in [2.45, 2.75) is 26.1 Å². The van der Waals surface area contributed by atoms with Crippen molar-refractivity contribution in [2.24, 2.45) is 0 Å². The van der Waals surface area contributed by atoms with Crippen LogP contribution in [0.1, 0.15) is 13.8 Å². The van der Waals surface area contributed by atoms with Gasteiger partial charge in [0.15, 0.2) is 0 Å². The molecule has 0 fully saturated rings. The Morgan fingerprint density at radius 1 is 1.33 bits per heavy atom. The summed E-state index contributed by atoms with van der Waals surface area (Å²) in [6.07, 6.45) is -1.56. The highest BCUT2D eigenvalue weighted by Crippen LogP contribution is 2.04. The normalized spacial score (nSPS) is 12.8. The van der Waals surface area contributed by atoms with E-state index in [0.717, 1.165) is 0 Å². The minimum Gasteiger partial charge on any atom is -0.467 e. The molecule has 0 aliphatic carbocycles. The van der Waals surface area contributed by atoms with E-state index in [1.54, 1.807) is 13.8 Å². The molecule has 5 heteroatoms. The second-order valence-electron chi connectivity index (χ2n) is 2.39. The Kier molecular flexibility index (Phi) is 4.85. The van der Waals surface area contributed by atoms with Crippen molar-refractivity contribution in [1.29, 1.82) is 0 Å². The number of halogens is 1. The smallest absolute Gasteiger partial charge is 0.344 e. The molecule has 0 saturated carbocycles. The zero-order valence-electron chi connectivity index (χ0n) is 7.17. The van der Waals surface area contributed by atoms with E-state index in [1.165, 1.54) is 7.11 Å². The molecule has 0 heterocycles. The summed E-state index contributed by atoms with van der Waals surface area (Å²) in [5, 5.41) is -0.865. The summed E-state index contributed by atoms with van der Waals surface area (Å²) >= 11 is 5.10. The highest BCUT2D eigenvalue weighted by Gasteiger charge is 2.27. The van der Waals surface area contributed by atoms with Crippen molar-refractivity contribution in [3.8, 4) is 0 Å². The minimum absolute atomic E-state index is 0.253. The number of carbonyl (C=O) groups is 2. The van der Waals surface area contributed by atoms with Crippen LogP contribution in [-0.4, -0.2) is 30.5 Å². The van der Waals surface area contributed by atoms with E-state index >= 15 is 0 Å². The van der Waals surface area contributed by atoms with Gasteiger partial charge in [0.1, 0.15) is 0 Å². The topological polar surface area (TPSA) is 52.6 Å². The van der Waals surface area contributed by atoms with E-state index in [4.69, 9.17) is 16.3 Å². The number of carbonyl (C=O) groups excluding carboxylic acids is 2. The van der Waals surface area contributed by atoms with Gasteiger partial charge in [-0.3, -0.25) is 4.79 Å². The first-order chi connectivity index (χ1) is 5.49. The van der Waals surface area contributed by atoms with Gasteiger partial charge in [0.25, 0.3) is 5.24 Å². The lowest BCUT2D eigenvalue weighted by Crippen LogP contribution is -2.33. The molecule has 4 nitrogen and oxygen atoms in total. The predicted octanol–water partition coefficient (Wildman–Crippen LogP) is 0.718. The predicted molar refractivity (Wildman–Crippen MR) is 42.9 cm³/mol. The monoisotopic (exact) mass is 194 g/mol. The first-order valence-corrected chi connectivity index (χ1v) is 3.79. The van der Waals surface area contributed by atoms with E-state index in [9.17, 15) is 9.59 Å². The summed E-state index contributed by atoms with van der Waals surface area (Å²) in [6.45, 7) is 3.38. The first kappa shape index (κ1) is 11.4. The average molecular weight is 195 g/mol.